The van der Waals surface area contributed by atoms with Crippen molar-refractivity contribution in [3.8, 4) is 0 Å². The molecule has 0 fully saturated rings. The van der Waals surface area contributed by atoms with E-state index in [9.17, 15) is 9.59 Å². The second-order valence-electron chi connectivity index (χ2n) is 3.93. The summed E-state index contributed by atoms with van der Waals surface area (Å²) < 4.78 is 4.51. The highest BCUT2D eigenvalue weighted by molar-refractivity contribution is 5.83. The van der Waals surface area contributed by atoms with Gasteiger partial charge in [0.05, 0.1) is 13.5 Å². The van der Waals surface area contributed by atoms with Crippen molar-refractivity contribution in [1.29, 1.82) is 0 Å². The Bertz CT molecular complexity index is 415. The molecule has 0 atom stereocenters. The number of likely N-dealkylation sites (N-methyl/N-ethyl adjacent to an activating group) is 1. The van der Waals surface area contributed by atoms with E-state index >= 15 is 0 Å². The first-order valence-corrected chi connectivity index (χ1v) is 5.40. The van der Waals surface area contributed by atoms with Crippen molar-refractivity contribution in [2.24, 2.45) is 0 Å². The van der Waals surface area contributed by atoms with Gasteiger partial charge in [-0.25, -0.2) is 0 Å². The molecule has 17 heavy (non-hydrogen) atoms. The average Bonchev–Trinajstić information content (AvgIpc) is 2.31. The molecule has 0 saturated heterocycles. The maximum absolute atomic E-state index is 11.8. The Labute approximate surface area is 101 Å². The molecule has 1 amide bonds. The molecule has 92 valence electrons. The average molecular weight is 235 g/mol. The van der Waals surface area contributed by atoms with Crippen LogP contribution >= 0.6 is 0 Å². The van der Waals surface area contributed by atoms with E-state index in [1.54, 1.807) is 7.05 Å². The van der Waals surface area contributed by atoms with Gasteiger partial charge in [-0.3, -0.25) is 9.59 Å². The Kier molecular flexibility index (Phi) is 4.69. The number of rotatable bonds is 4. The van der Waals surface area contributed by atoms with Crippen molar-refractivity contribution in [2.45, 2.75) is 13.3 Å². The molecule has 0 aromatic heterocycles. The molecule has 1 rings (SSSR count). The fraction of sp³-hybridized carbons (Fsp3) is 0.385. The summed E-state index contributed by atoms with van der Waals surface area (Å²) in [6.07, 6.45) is 0.306. The van der Waals surface area contributed by atoms with Crippen LogP contribution in [0.15, 0.2) is 24.3 Å². The van der Waals surface area contributed by atoms with E-state index < -0.39 is 5.97 Å². The number of ether oxygens (including phenoxy) is 1. The topological polar surface area (TPSA) is 46.6 Å². The zero-order valence-electron chi connectivity index (χ0n) is 10.4. The van der Waals surface area contributed by atoms with Crippen LogP contribution in [0, 0.1) is 6.92 Å². The Morgan fingerprint density at radius 3 is 2.53 bits per heavy atom. The number of hydrogen-bond acceptors (Lipinski definition) is 3. The molecule has 0 aliphatic carbocycles. The summed E-state index contributed by atoms with van der Waals surface area (Å²) in [4.78, 5) is 24.2. The predicted octanol–water partition coefficient (Wildman–Crippen LogP) is 1.17. The molecule has 0 N–H and O–H groups in total. The van der Waals surface area contributed by atoms with E-state index in [4.69, 9.17) is 0 Å². The van der Waals surface area contributed by atoms with Crippen LogP contribution in [0.2, 0.25) is 0 Å². The van der Waals surface area contributed by atoms with E-state index in [1.807, 2.05) is 31.2 Å². The number of hydrogen-bond donors (Lipinski definition) is 0. The van der Waals surface area contributed by atoms with Gasteiger partial charge in [-0.2, -0.15) is 0 Å². The highest BCUT2D eigenvalue weighted by atomic mass is 16.5. The summed E-state index contributed by atoms with van der Waals surface area (Å²) in [6, 6.07) is 7.71. The number of carbonyl (C=O) groups excluding carboxylic acids is 2. The van der Waals surface area contributed by atoms with Gasteiger partial charge < -0.3 is 9.64 Å². The minimum Gasteiger partial charge on any atom is -0.468 e. The largest absolute Gasteiger partial charge is 0.468 e. The van der Waals surface area contributed by atoms with Crippen LogP contribution in [-0.2, 0) is 20.7 Å². The third-order valence-corrected chi connectivity index (χ3v) is 2.62. The third kappa shape index (κ3) is 3.90. The monoisotopic (exact) mass is 235 g/mol. The van der Waals surface area contributed by atoms with Crippen molar-refractivity contribution < 1.29 is 14.3 Å². The van der Waals surface area contributed by atoms with Crippen LogP contribution < -0.4 is 0 Å². The Morgan fingerprint density at radius 1 is 1.29 bits per heavy atom. The first-order chi connectivity index (χ1) is 8.04. The lowest BCUT2D eigenvalue weighted by molar-refractivity contribution is -0.145. The summed E-state index contributed by atoms with van der Waals surface area (Å²) in [7, 11) is 2.90. The van der Waals surface area contributed by atoms with Crippen LogP contribution in [0.4, 0.5) is 0 Å². The molecule has 0 radical (unpaired) electrons. The first-order valence-electron chi connectivity index (χ1n) is 5.40. The molecular weight excluding hydrogens is 218 g/mol. The second-order valence-corrected chi connectivity index (χ2v) is 3.93. The Balaban J connectivity index is 2.60. The standard InChI is InChI=1S/C13H17NO3/c1-10-6-4-5-7-11(10)8-12(15)14(2)9-13(16)17-3/h4-7H,8-9H2,1-3H3. The summed E-state index contributed by atoms with van der Waals surface area (Å²) in [5.74, 6) is -0.504. The lowest BCUT2D eigenvalue weighted by Gasteiger charge is -2.16. The van der Waals surface area contributed by atoms with Gasteiger partial charge in [0, 0.05) is 7.05 Å². The van der Waals surface area contributed by atoms with Gasteiger partial charge in [-0.15, -0.1) is 0 Å². The molecule has 0 spiro atoms. The second kappa shape index (κ2) is 6.03. The zero-order chi connectivity index (χ0) is 12.8. The van der Waals surface area contributed by atoms with E-state index in [2.05, 4.69) is 4.74 Å². The minimum absolute atomic E-state index is 0.0127. The maximum Gasteiger partial charge on any atom is 0.325 e. The number of nitrogens with zero attached hydrogens (tertiary/aromatic N) is 1. The van der Waals surface area contributed by atoms with Crippen molar-refractivity contribution >= 4 is 11.9 Å². The van der Waals surface area contributed by atoms with Gasteiger partial charge in [0.15, 0.2) is 0 Å². The minimum atomic E-state index is -0.411. The van der Waals surface area contributed by atoms with E-state index in [-0.39, 0.29) is 12.5 Å². The molecule has 0 aliphatic heterocycles. The van der Waals surface area contributed by atoms with E-state index in [0.29, 0.717) is 6.42 Å². The molecule has 1 aromatic carbocycles. The lowest BCUT2D eigenvalue weighted by atomic mass is 10.1. The van der Waals surface area contributed by atoms with Crippen LogP contribution in [0.5, 0.6) is 0 Å². The predicted molar refractivity (Wildman–Crippen MR) is 64.5 cm³/mol. The summed E-state index contributed by atoms with van der Waals surface area (Å²) >= 11 is 0. The molecule has 1 aromatic rings. The quantitative estimate of drug-likeness (QED) is 0.736. The van der Waals surface area contributed by atoms with Gasteiger partial charge in [-0.05, 0) is 18.1 Å². The first kappa shape index (κ1) is 13.2. The van der Waals surface area contributed by atoms with Crippen LogP contribution in [0.25, 0.3) is 0 Å². The van der Waals surface area contributed by atoms with Gasteiger partial charge in [0.2, 0.25) is 5.91 Å². The number of methoxy groups -OCH3 is 1. The fourth-order valence-corrected chi connectivity index (χ4v) is 1.45. The number of esters is 1. The molecule has 0 saturated carbocycles. The van der Waals surface area contributed by atoms with Crippen molar-refractivity contribution in [1.82, 2.24) is 4.90 Å². The molecule has 0 aliphatic rings. The lowest BCUT2D eigenvalue weighted by Crippen LogP contribution is -2.33. The third-order valence-electron chi connectivity index (χ3n) is 2.62. The van der Waals surface area contributed by atoms with Gasteiger partial charge in [0.25, 0.3) is 0 Å². The van der Waals surface area contributed by atoms with Gasteiger partial charge in [-0.1, -0.05) is 24.3 Å². The molecule has 0 heterocycles. The molecule has 4 nitrogen and oxygen atoms in total. The summed E-state index contributed by atoms with van der Waals surface area (Å²) in [5.41, 5.74) is 2.06. The van der Waals surface area contributed by atoms with Gasteiger partial charge >= 0.3 is 5.97 Å². The molecular formula is C13H17NO3. The van der Waals surface area contributed by atoms with Crippen LogP contribution in [0.1, 0.15) is 11.1 Å². The van der Waals surface area contributed by atoms with E-state index in [1.165, 1.54) is 12.0 Å². The zero-order valence-corrected chi connectivity index (χ0v) is 10.4. The molecule has 4 heteroatoms. The van der Waals surface area contributed by atoms with Crippen LogP contribution in [-0.4, -0.2) is 37.5 Å². The Hall–Kier alpha value is -1.84. The number of carbonyl (C=O) groups is 2. The van der Waals surface area contributed by atoms with Crippen LogP contribution in [0.3, 0.4) is 0 Å². The van der Waals surface area contributed by atoms with Crippen molar-refractivity contribution in [3.05, 3.63) is 35.4 Å². The highest BCUT2D eigenvalue weighted by Crippen LogP contribution is 2.08. The summed E-state index contributed by atoms with van der Waals surface area (Å²) in [5, 5.41) is 0. The number of benzene rings is 1. The van der Waals surface area contributed by atoms with Crippen molar-refractivity contribution in [3.63, 3.8) is 0 Å². The normalized spacial score (nSPS) is 9.82. The fourth-order valence-electron chi connectivity index (χ4n) is 1.45. The highest BCUT2D eigenvalue weighted by Gasteiger charge is 2.14. The smallest absolute Gasteiger partial charge is 0.325 e. The van der Waals surface area contributed by atoms with Crippen molar-refractivity contribution in [2.75, 3.05) is 20.7 Å². The molecule has 0 unspecified atom stereocenters. The Morgan fingerprint density at radius 2 is 1.94 bits per heavy atom. The van der Waals surface area contributed by atoms with Gasteiger partial charge in [0.1, 0.15) is 6.54 Å². The number of aryl methyl sites for hydroxylation is 1. The summed E-state index contributed by atoms with van der Waals surface area (Å²) in [6.45, 7) is 1.95. The maximum atomic E-state index is 11.8. The molecule has 0 bridgehead atoms. The van der Waals surface area contributed by atoms with E-state index in [0.717, 1.165) is 11.1 Å². The SMILES string of the molecule is COC(=O)CN(C)C(=O)Cc1ccccc1C. The number of amides is 1.